The van der Waals surface area contributed by atoms with Crippen molar-refractivity contribution in [2.45, 2.75) is 18.2 Å². The molecule has 0 spiro atoms. The third kappa shape index (κ3) is 2.30. The molecular weight excluding hydrogens is 252 g/mol. The number of aryl methyl sites for hydroxylation is 1. The maximum absolute atomic E-state index is 12.1. The van der Waals surface area contributed by atoms with Gasteiger partial charge in [-0.25, -0.2) is 8.42 Å². The van der Waals surface area contributed by atoms with E-state index in [2.05, 4.69) is 14.9 Å². The minimum absolute atomic E-state index is 0.0571. The molecule has 0 fully saturated rings. The lowest BCUT2D eigenvalue weighted by atomic mass is 10.3. The molecule has 0 unspecified atom stereocenters. The van der Waals surface area contributed by atoms with Gasteiger partial charge in [0.1, 0.15) is 10.7 Å². The number of nitrogen functional groups attached to an aromatic ring is 1. The van der Waals surface area contributed by atoms with Gasteiger partial charge in [-0.1, -0.05) is 19.1 Å². The lowest BCUT2D eigenvalue weighted by Crippen LogP contribution is -2.15. The Labute approximate surface area is 105 Å². The molecule has 0 saturated heterocycles. The van der Waals surface area contributed by atoms with Gasteiger partial charge in [0.15, 0.2) is 0 Å². The molecule has 0 amide bonds. The normalized spacial score (nSPS) is 11.4. The van der Waals surface area contributed by atoms with Gasteiger partial charge >= 0.3 is 0 Å². The van der Waals surface area contributed by atoms with Crippen molar-refractivity contribution in [3.8, 4) is 0 Å². The number of H-pyrrole nitrogens is 1. The van der Waals surface area contributed by atoms with E-state index in [9.17, 15) is 8.42 Å². The fourth-order valence-corrected chi connectivity index (χ4v) is 2.77. The zero-order valence-electron chi connectivity index (χ0n) is 9.84. The van der Waals surface area contributed by atoms with Crippen molar-refractivity contribution in [3.05, 3.63) is 36.0 Å². The second kappa shape index (κ2) is 4.69. The van der Waals surface area contributed by atoms with Gasteiger partial charge in [-0.2, -0.15) is 5.10 Å². The van der Waals surface area contributed by atoms with Crippen molar-refractivity contribution in [1.82, 2.24) is 10.2 Å². The molecule has 0 aliphatic heterocycles. The molecule has 0 bridgehead atoms. The van der Waals surface area contributed by atoms with Crippen LogP contribution in [0, 0.1) is 0 Å². The second-order valence-electron chi connectivity index (χ2n) is 3.77. The van der Waals surface area contributed by atoms with E-state index in [0.29, 0.717) is 12.2 Å². The number of hydrogen-bond donors (Lipinski definition) is 3. The second-order valence-corrected chi connectivity index (χ2v) is 5.42. The first-order valence-electron chi connectivity index (χ1n) is 5.44. The number of aromatic nitrogens is 2. The summed E-state index contributed by atoms with van der Waals surface area (Å²) < 4.78 is 26.7. The largest absolute Gasteiger partial charge is 0.398 e. The Hall–Kier alpha value is -2.02. The van der Waals surface area contributed by atoms with Crippen molar-refractivity contribution in [2.75, 3.05) is 10.5 Å². The quantitative estimate of drug-likeness (QED) is 0.727. The lowest BCUT2D eigenvalue weighted by Gasteiger charge is -2.09. The number of benzene rings is 1. The molecule has 0 saturated carbocycles. The van der Waals surface area contributed by atoms with Gasteiger partial charge in [0, 0.05) is 5.56 Å². The molecule has 1 aromatic heterocycles. The predicted octanol–water partition coefficient (Wildman–Crippen LogP) is 1.36. The van der Waals surface area contributed by atoms with Crippen molar-refractivity contribution >= 4 is 21.5 Å². The fourth-order valence-electron chi connectivity index (χ4n) is 1.58. The minimum Gasteiger partial charge on any atom is -0.398 e. The highest BCUT2D eigenvalue weighted by Gasteiger charge is 2.18. The highest BCUT2D eigenvalue weighted by molar-refractivity contribution is 7.92. The lowest BCUT2D eigenvalue weighted by molar-refractivity contribution is 0.601. The van der Waals surface area contributed by atoms with E-state index in [1.165, 1.54) is 6.07 Å². The molecule has 1 aromatic carbocycles. The van der Waals surface area contributed by atoms with Gasteiger partial charge in [-0.15, -0.1) is 0 Å². The Morgan fingerprint density at radius 1 is 1.39 bits per heavy atom. The Morgan fingerprint density at radius 2 is 2.11 bits per heavy atom. The van der Waals surface area contributed by atoms with E-state index in [1.54, 1.807) is 24.4 Å². The maximum atomic E-state index is 12.1. The first-order valence-corrected chi connectivity index (χ1v) is 6.92. The topological polar surface area (TPSA) is 101 Å². The first kappa shape index (κ1) is 12.4. The van der Waals surface area contributed by atoms with Crippen LogP contribution in [-0.2, 0) is 16.4 Å². The third-order valence-electron chi connectivity index (χ3n) is 2.54. The minimum atomic E-state index is -3.69. The van der Waals surface area contributed by atoms with Gasteiger partial charge in [0.05, 0.1) is 11.9 Å². The van der Waals surface area contributed by atoms with Gasteiger partial charge < -0.3 is 5.73 Å². The van der Waals surface area contributed by atoms with Crippen LogP contribution in [0.5, 0.6) is 0 Å². The standard InChI is InChI=1S/C11H14N4O2S/c1-2-8-7-13-14-11(8)15-18(16,17)10-6-4-3-5-9(10)12/h3-7H,2,12H2,1H3,(H2,13,14,15). The van der Waals surface area contributed by atoms with E-state index >= 15 is 0 Å². The van der Waals surface area contributed by atoms with Crippen LogP contribution in [0.1, 0.15) is 12.5 Å². The summed E-state index contributed by atoms with van der Waals surface area (Å²) >= 11 is 0. The Morgan fingerprint density at radius 3 is 2.78 bits per heavy atom. The Bertz CT molecular complexity index is 649. The number of aromatic amines is 1. The molecule has 7 heteroatoms. The van der Waals surface area contributed by atoms with Gasteiger partial charge in [-0.05, 0) is 18.6 Å². The zero-order valence-corrected chi connectivity index (χ0v) is 10.7. The Kier molecular flexibility index (Phi) is 3.24. The number of para-hydroxylation sites is 1. The summed E-state index contributed by atoms with van der Waals surface area (Å²) in [5, 5.41) is 6.43. The number of nitrogens with two attached hydrogens (primary N) is 1. The van der Waals surface area contributed by atoms with E-state index in [-0.39, 0.29) is 10.6 Å². The number of sulfonamides is 1. The molecule has 2 rings (SSSR count). The van der Waals surface area contributed by atoms with Crippen LogP contribution in [0.25, 0.3) is 0 Å². The van der Waals surface area contributed by atoms with Crippen LogP contribution < -0.4 is 10.5 Å². The van der Waals surface area contributed by atoms with Crippen molar-refractivity contribution in [3.63, 3.8) is 0 Å². The van der Waals surface area contributed by atoms with Gasteiger partial charge in [0.2, 0.25) is 0 Å². The summed E-state index contributed by atoms with van der Waals surface area (Å²) in [7, 11) is -3.69. The van der Waals surface area contributed by atoms with E-state index < -0.39 is 10.0 Å². The zero-order chi connectivity index (χ0) is 13.2. The Balaban J connectivity index is 2.37. The molecule has 4 N–H and O–H groups in total. The molecule has 6 nitrogen and oxygen atoms in total. The molecule has 0 radical (unpaired) electrons. The molecule has 1 heterocycles. The van der Waals surface area contributed by atoms with Gasteiger partial charge in [-0.3, -0.25) is 9.82 Å². The van der Waals surface area contributed by atoms with Gasteiger partial charge in [0.25, 0.3) is 10.0 Å². The smallest absolute Gasteiger partial charge is 0.265 e. The van der Waals surface area contributed by atoms with E-state index in [0.717, 1.165) is 5.56 Å². The van der Waals surface area contributed by atoms with E-state index in [1.807, 2.05) is 6.92 Å². The third-order valence-corrected chi connectivity index (χ3v) is 3.97. The predicted molar refractivity (Wildman–Crippen MR) is 69.6 cm³/mol. The SMILES string of the molecule is CCc1cn[nH]c1NS(=O)(=O)c1ccccc1N. The molecule has 0 aliphatic carbocycles. The molecule has 0 aliphatic rings. The van der Waals surface area contributed by atoms with Crippen LogP contribution in [-0.4, -0.2) is 18.6 Å². The number of nitrogens with one attached hydrogen (secondary N) is 2. The van der Waals surface area contributed by atoms with Crippen molar-refractivity contribution in [1.29, 1.82) is 0 Å². The van der Waals surface area contributed by atoms with Crippen LogP contribution in [0.2, 0.25) is 0 Å². The molecule has 18 heavy (non-hydrogen) atoms. The summed E-state index contributed by atoms with van der Waals surface area (Å²) in [6.45, 7) is 1.92. The molecular formula is C11H14N4O2S. The molecule has 2 aromatic rings. The van der Waals surface area contributed by atoms with Crippen LogP contribution in [0.3, 0.4) is 0 Å². The van der Waals surface area contributed by atoms with Crippen LogP contribution >= 0.6 is 0 Å². The monoisotopic (exact) mass is 266 g/mol. The summed E-state index contributed by atoms with van der Waals surface area (Å²) in [6, 6.07) is 6.31. The molecule has 96 valence electrons. The fraction of sp³-hybridized carbons (Fsp3) is 0.182. The van der Waals surface area contributed by atoms with Crippen LogP contribution in [0.15, 0.2) is 35.4 Å². The van der Waals surface area contributed by atoms with E-state index in [4.69, 9.17) is 5.73 Å². The summed E-state index contributed by atoms with van der Waals surface area (Å²) in [4.78, 5) is 0.0571. The summed E-state index contributed by atoms with van der Waals surface area (Å²) in [5.41, 5.74) is 6.67. The number of nitrogens with zero attached hydrogens (tertiary/aromatic N) is 1. The highest BCUT2D eigenvalue weighted by Crippen LogP contribution is 2.21. The van der Waals surface area contributed by atoms with Crippen molar-refractivity contribution in [2.24, 2.45) is 0 Å². The van der Waals surface area contributed by atoms with Crippen molar-refractivity contribution < 1.29 is 8.42 Å². The molecule has 0 atom stereocenters. The number of anilines is 2. The maximum Gasteiger partial charge on any atom is 0.265 e. The number of hydrogen-bond acceptors (Lipinski definition) is 4. The average molecular weight is 266 g/mol. The van der Waals surface area contributed by atoms with Crippen LogP contribution in [0.4, 0.5) is 11.5 Å². The highest BCUT2D eigenvalue weighted by atomic mass is 32.2. The first-order chi connectivity index (χ1) is 8.54. The number of rotatable bonds is 4. The average Bonchev–Trinajstić information content (AvgIpc) is 2.76. The summed E-state index contributed by atoms with van der Waals surface area (Å²) in [6.07, 6.45) is 2.27. The summed E-state index contributed by atoms with van der Waals surface area (Å²) in [5.74, 6) is 0.376.